The van der Waals surface area contributed by atoms with Crippen LogP contribution in [-0.2, 0) is 0 Å². The van der Waals surface area contributed by atoms with Crippen LogP contribution >= 0.6 is 0 Å². The number of methoxy groups -OCH3 is 1. The van der Waals surface area contributed by atoms with Gasteiger partial charge >= 0.3 is 0 Å². The number of rotatable bonds is 7. The molecular weight excluding hydrogens is 356 g/mol. The summed E-state index contributed by atoms with van der Waals surface area (Å²) in [4.78, 5) is 1.96. The third-order valence-electron chi connectivity index (χ3n) is 4.46. The van der Waals surface area contributed by atoms with Gasteiger partial charge in [-0.1, -0.05) is 12.1 Å². The van der Waals surface area contributed by atoms with E-state index in [2.05, 4.69) is 0 Å². The van der Waals surface area contributed by atoms with Crippen molar-refractivity contribution in [2.75, 3.05) is 20.2 Å². The molecule has 1 heterocycles. The zero-order chi connectivity index (χ0) is 19.4. The molecule has 3 atom stereocenters. The number of aliphatic hydroxyl groups is 1. The summed E-state index contributed by atoms with van der Waals surface area (Å²) in [5, 5.41) is 10.2. The third-order valence-corrected chi connectivity index (χ3v) is 4.46. The van der Waals surface area contributed by atoms with Crippen molar-refractivity contribution in [3.05, 3.63) is 54.1 Å². The van der Waals surface area contributed by atoms with Gasteiger partial charge in [0.2, 0.25) is 0 Å². The fourth-order valence-corrected chi connectivity index (χ4v) is 3.15. The fourth-order valence-electron chi connectivity index (χ4n) is 3.15. The minimum atomic E-state index is -0.941. The van der Waals surface area contributed by atoms with Crippen LogP contribution in [0.25, 0.3) is 0 Å². The van der Waals surface area contributed by atoms with Gasteiger partial charge in [-0.25, -0.2) is 8.78 Å². The lowest BCUT2D eigenvalue weighted by atomic mass is 10.3. The minimum absolute atomic E-state index is 0.211. The number of aliphatic hydroxyl groups excluding tert-OH is 1. The molecule has 5 nitrogen and oxygen atoms in total. The average Bonchev–Trinajstić information content (AvgIpc) is 3.10. The lowest BCUT2D eigenvalue weighted by Gasteiger charge is -2.30. The first-order valence-corrected chi connectivity index (χ1v) is 8.81. The van der Waals surface area contributed by atoms with Gasteiger partial charge in [0.05, 0.1) is 7.11 Å². The molecule has 0 aliphatic carbocycles. The highest BCUT2D eigenvalue weighted by Gasteiger charge is 2.33. The first-order chi connectivity index (χ1) is 13.0. The second kappa shape index (κ2) is 8.54. The average molecular weight is 379 g/mol. The summed E-state index contributed by atoms with van der Waals surface area (Å²) in [6.45, 7) is 2.78. The molecule has 1 saturated heterocycles. The van der Waals surface area contributed by atoms with Gasteiger partial charge in [0.1, 0.15) is 18.0 Å². The maximum absolute atomic E-state index is 13.3. The number of hydrogen-bond acceptors (Lipinski definition) is 5. The SMILES string of the molecule is COc1ccccc1OC(C(C)O)N1CCC(Oc2ccc(F)c(F)c2)C1. The predicted molar refractivity (Wildman–Crippen MR) is 96.1 cm³/mol. The van der Waals surface area contributed by atoms with Crippen LogP contribution in [0.4, 0.5) is 8.78 Å². The first kappa shape index (κ1) is 19.4. The smallest absolute Gasteiger partial charge is 0.178 e. The highest BCUT2D eigenvalue weighted by molar-refractivity contribution is 5.39. The molecular formula is C20H23F2NO4. The van der Waals surface area contributed by atoms with Crippen LogP contribution in [0.3, 0.4) is 0 Å². The second-order valence-corrected chi connectivity index (χ2v) is 6.50. The summed E-state index contributed by atoms with van der Waals surface area (Å²) in [5.74, 6) is -0.453. The molecule has 0 saturated carbocycles. The molecule has 0 spiro atoms. The topological polar surface area (TPSA) is 51.2 Å². The lowest BCUT2D eigenvalue weighted by Crippen LogP contribution is -2.46. The summed E-state index contributed by atoms with van der Waals surface area (Å²) < 4.78 is 43.4. The molecule has 27 heavy (non-hydrogen) atoms. The monoisotopic (exact) mass is 379 g/mol. The Morgan fingerprint density at radius 1 is 1.11 bits per heavy atom. The number of ether oxygens (including phenoxy) is 3. The number of hydrogen-bond donors (Lipinski definition) is 1. The summed E-state index contributed by atoms with van der Waals surface area (Å²) >= 11 is 0. The lowest BCUT2D eigenvalue weighted by molar-refractivity contribution is -0.0519. The summed E-state index contributed by atoms with van der Waals surface area (Å²) in [5.41, 5.74) is 0. The Kier molecular flexibility index (Phi) is 6.13. The predicted octanol–water partition coefficient (Wildman–Crippen LogP) is 3.21. The third kappa shape index (κ3) is 4.67. The van der Waals surface area contributed by atoms with Gasteiger partial charge in [-0.2, -0.15) is 0 Å². The van der Waals surface area contributed by atoms with Crippen molar-refractivity contribution in [3.63, 3.8) is 0 Å². The standard InChI is InChI=1S/C20H23F2NO4/c1-13(24)20(27-19-6-4-3-5-18(19)25-2)23-10-9-15(12-23)26-14-7-8-16(21)17(22)11-14/h3-8,11,13,15,20,24H,9-10,12H2,1-2H3. The number of para-hydroxylation sites is 2. The maximum Gasteiger partial charge on any atom is 0.178 e. The van der Waals surface area contributed by atoms with Crippen LogP contribution in [0.5, 0.6) is 17.2 Å². The minimum Gasteiger partial charge on any atom is -0.493 e. The molecule has 0 radical (unpaired) electrons. The van der Waals surface area contributed by atoms with Gasteiger partial charge in [0, 0.05) is 19.2 Å². The quantitative estimate of drug-likeness (QED) is 0.801. The van der Waals surface area contributed by atoms with Crippen LogP contribution in [0.2, 0.25) is 0 Å². The van der Waals surface area contributed by atoms with Gasteiger partial charge in [-0.3, -0.25) is 4.90 Å². The highest BCUT2D eigenvalue weighted by atomic mass is 19.2. The van der Waals surface area contributed by atoms with E-state index in [9.17, 15) is 13.9 Å². The Bertz CT molecular complexity index is 771. The molecule has 1 aliphatic heterocycles. The molecule has 0 aromatic heterocycles. The molecule has 0 amide bonds. The van der Waals surface area contributed by atoms with E-state index in [1.54, 1.807) is 26.2 Å². The molecule has 1 N–H and O–H groups in total. The van der Waals surface area contributed by atoms with Crippen LogP contribution < -0.4 is 14.2 Å². The van der Waals surface area contributed by atoms with Crippen LogP contribution in [-0.4, -0.2) is 48.6 Å². The summed E-state index contributed by atoms with van der Waals surface area (Å²) in [6, 6.07) is 10.7. The molecule has 7 heteroatoms. The molecule has 0 bridgehead atoms. The van der Waals surface area contributed by atoms with Crippen molar-refractivity contribution in [2.45, 2.75) is 31.8 Å². The Morgan fingerprint density at radius 2 is 1.85 bits per heavy atom. The summed E-state index contributed by atoms with van der Waals surface area (Å²) in [7, 11) is 1.56. The zero-order valence-electron chi connectivity index (χ0n) is 15.3. The van der Waals surface area contributed by atoms with E-state index in [0.717, 1.165) is 12.1 Å². The molecule has 2 aromatic carbocycles. The van der Waals surface area contributed by atoms with Crippen molar-refractivity contribution in [3.8, 4) is 17.2 Å². The molecule has 2 aromatic rings. The number of benzene rings is 2. The van der Waals surface area contributed by atoms with E-state index < -0.39 is 24.0 Å². The number of likely N-dealkylation sites (tertiary alicyclic amines) is 1. The normalized spacial score (nSPS) is 19.5. The Hall–Kier alpha value is -2.38. The molecule has 146 valence electrons. The van der Waals surface area contributed by atoms with E-state index in [0.29, 0.717) is 31.0 Å². The van der Waals surface area contributed by atoms with Gasteiger partial charge in [0.25, 0.3) is 0 Å². The summed E-state index contributed by atoms with van der Waals surface area (Å²) in [6.07, 6.45) is -0.869. The van der Waals surface area contributed by atoms with Gasteiger partial charge in [-0.05, 0) is 37.6 Å². The van der Waals surface area contributed by atoms with Gasteiger partial charge < -0.3 is 19.3 Å². The van der Waals surface area contributed by atoms with Crippen LogP contribution in [0.15, 0.2) is 42.5 Å². The number of nitrogens with zero attached hydrogens (tertiary/aromatic N) is 1. The number of halogens is 2. The second-order valence-electron chi connectivity index (χ2n) is 6.50. The Labute approximate surface area is 157 Å². The molecule has 1 fully saturated rings. The van der Waals surface area contributed by atoms with E-state index in [-0.39, 0.29) is 11.9 Å². The molecule has 3 rings (SSSR count). The van der Waals surface area contributed by atoms with Crippen molar-refractivity contribution in [1.82, 2.24) is 4.90 Å². The van der Waals surface area contributed by atoms with Gasteiger partial charge in [-0.15, -0.1) is 0 Å². The molecule has 3 unspecified atom stereocenters. The van der Waals surface area contributed by atoms with Crippen molar-refractivity contribution < 1.29 is 28.1 Å². The van der Waals surface area contributed by atoms with Crippen molar-refractivity contribution >= 4 is 0 Å². The zero-order valence-corrected chi connectivity index (χ0v) is 15.3. The van der Waals surface area contributed by atoms with Crippen LogP contribution in [0, 0.1) is 11.6 Å². The van der Waals surface area contributed by atoms with Crippen molar-refractivity contribution in [1.29, 1.82) is 0 Å². The highest BCUT2D eigenvalue weighted by Crippen LogP contribution is 2.29. The maximum atomic E-state index is 13.3. The largest absolute Gasteiger partial charge is 0.493 e. The molecule has 1 aliphatic rings. The van der Waals surface area contributed by atoms with E-state index in [1.807, 2.05) is 17.0 Å². The van der Waals surface area contributed by atoms with Crippen molar-refractivity contribution in [2.24, 2.45) is 0 Å². The van der Waals surface area contributed by atoms with E-state index in [1.165, 1.54) is 6.07 Å². The Balaban J connectivity index is 1.66. The Morgan fingerprint density at radius 3 is 2.52 bits per heavy atom. The van der Waals surface area contributed by atoms with E-state index >= 15 is 0 Å². The van der Waals surface area contributed by atoms with Gasteiger partial charge in [0.15, 0.2) is 29.4 Å². The van der Waals surface area contributed by atoms with E-state index in [4.69, 9.17) is 14.2 Å². The van der Waals surface area contributed by atoms with Crippen LogP contribution in [0.1, 0.15) is 13.3 Å². The first-order valence-electron chi connectivity index (χ1n) is 8.81. The fraction of sp³-hybridized carbons (Fsp3) is 0.400.